The summed E-state index contributed by atoms with van der Waals surface area (Å²) >= 11 is 12.4. The molecule has 28 heavy (non-hydrogen) atoms. The maximum Gasteiger partial charge on any atom is 0.311 e. The van der Waals surface area contributed by atoms with Crippen LogP contribution in [-0.2, 0) is 14.3 Å². The lowest BCUT2D eigenvalue weighted by molar-refractivity contribution is -0.148. The lowest BCUT2D eigenvalue weighted by Gasteiger charge is -2.14. The van der Waals surface area contributed by atoms with Gasteiger partial charge in [-0.05, 0) is 18.4 Å². The Labute approximate surface area is 176 Å². The highest BCUT2D eigenvalue weighted by atomic mass is 35.5. The fourth-order valence-electron chi connectivity index (χ4n) is 2.93. The van der Waals surface area contributed by atoms with E-state index in [0.29, 0.717) is 22.9 Å². The van der Waals surface area contributed by atoms with Gasteiger partial charge in [0.15, 0.2) is 5.75 Å². The second-order valence-electron chi connectivity index (χ2n) is 6.79. The molecule has 0 fully saturated rings. The molecule has 2 aromatic carbocycles. The Morgan fingerprint density at radius 3 is 2.36 bits per heavy atom. The summed E-state index contributed by atoms with van der Waals surface area (Å²) in [6.07, 6.45) is 4.17. The average molecular weight is 425 g/mol. The largest absolute Gasteiger partial charge is 0.465 e. The number of halogens is 2. The summed E-state index contributed by atoms with van der Waals surface area (Å²) in [5.41, 5.74) is 0. The van der Waals surface area contributed by atoms with Crippen molar-refractivity contribution in [1.82, 2.24) is 0 Å². The maximum absolute atomic E-state index is 12.2. The number of carbonyl (C=O) groups is 2. The van der Waals surface area contributed by atoms with Crippen molar-refractivity contribution in [2.45, 2.75) is 52.4 Å². The molecule has 152 valence electrons. The molecule has 1 atom stereocenters. The Hall–Kier alpha value is -1.78. The van der Waals surface area contributed by atoms with Crippen LogP contribution in [0.4, 0.5) is 0 Å². The molecule has 0 heterocycles. The van der Waals surface area contributed by atoms with Gasteiger partial charge in [0.2, 0.25) is 0 Å². The lowest BCUT2D eigenvalue weighted by atomic mass is 10.0. The van der Waals surface area contributed by atoms with Crippen molar-refractivity contribution in [3.8, 4) is 5.75 Å². The van der Waals surface area contributed by atoms with Gasteiger partial charge in [-0.2, -0.15) is 0 Å². The lowest BCUT2D eigenvalue weighted by Crippen LogP contribution is -2.16. The van der Waals surface area contributed by atoms with Gasteiger partial charge in [-0.15, -0.1) is 0 Å². The van der Waals surface area contributed by atoms with E-state index in [-0.39, 0.29) is 29.6 Å². The molecule has 2 aromatic rings. The van der Waals surface area contributed by atoms with E-state index < -0.39 is 5.97 Å². The summed E-state index contributed by atoms with van der Waals surface area (Å²) < 4.78 is 10.7. The molecule has 0 aliphatic rings. The average Bonchev–Trinajstić information content (AvgIpc) is 2.69. The fourth-order valence-corrected chi connectivity index (χ4v) is 3.51. The van der Waals surface area contributed by atoms with Crippen molar-refractivity contribution in [3.05, 3.63) is 40.4 Å². The van der Waals surface area contributed by atoms with Gasteiger partial charge in [0.25, 0.3) is 0 Å². The number of hydrogen-bond donors (Lipinski definition) is 0. The summed E-state index contributed by atoms with van der Waals surface area (Å²) in [4.78, 5) is 24.2. The SMILES string of the molecule is CCCCC(CC)COC(=O)CCC(=O)Oc1c(Cl)cc(Cl)c2ccccc12. The van der Waals surface area contributed by atoms with Crippen LogP contribution in [0.1, 0.15) is 52.4 Å². The first-order chi connectivity index (χ1) is 13.5. The molecule has 4 nitrogen and oxygen atoms in total. The molecular weight excluding hydrogens is 399 g/mol. The molecular formula is C22H26Cl2O4. The molecule has 0 saturated carbocycles. The minimum atomic E-state index is -0.538. The normalized spacial score (nSPS) is 12.0. The van der Waals surface area contributed by atoms with E-state index in [1.165, 1.54) is 0 Å². The van der Waals surface area contributed by atoms with Gasteiger partial charge in [-0.1, -0.05) is 80.6 Å². The molecule has 1 unspecified atom stereocenters. The maximum atomic E-state index is 12.2. The Bertz CT molecular complexity index is 820. The van der Waals surface area contributed by atoms with Crippen LogP contribution in [0.5, 0.6) is 5.75 Å². The first-order valence-corrected chi connectivity index (χ1v) is 10.4. The highest BCUT2D eigenvalue weighted by molar-refractivity contribution is 6.40. The van der Waals surface area contributed by atoms with E-state index in [1.807, 2.05) is 18.2 Å². The van der Waals surface area contributed by atoms with Crippen LogP contribution >= 0.6 is 23.2 Å². The van der Waals surface area contributed by atoms with Crippen molar-refractivity contribution in [2.24, 2.45) is 5.92 Å². The first-order valence-electron chi connectivity index (χ1n) is 9.69. The smallest absolute Gasteiger partial charge is 0.311 e. The fraction of sp³-hybridized carbons (Fsp3) is 0.455. The third-order valence-corrected chi connectivity index (χ3v) is 5.27. The Balaban J connectivity index is 1.89. The number of fused-ring (bicyclic) bond motifs is 1. The minimum absolute atomic E-state index is 0.0216. The number of unbranched alkanes of at least 4 members (excludes halogenated alkanes) is 1. The highest BCUT2D eigenvalue weighted by Gasteiger charge is 2.17. The Morgan fingerprint density at radius 2 is 1.68 bits per heavy atom. The first kappa shape index (κ1) is 22.5. The van der Waals surface area contributed by atoms with Gasteiger partial charge in [0.1, 0.15) is 0 Å². The van der Waals surface area contributed by atoms with Crippen molar-refractivity contribution in [2.75, 3.05) is 6.61 Å². The van der Waals surface area contributed by atoms with Crippen LogP contribution in [-0.4, -0.2) is 18.5 Å². The second kappa shape index (κ2) is 11.3. The van der Waals surface area contributed by atoms with E-state index in [1.54, 1.807) is 12.1 Å². The zero-order valence-corrected chi connectivity index (χ0v) is 17.8. The molecule has 0 aliphatic heterocycles. The summed E-state index contributed by atoms with van der Waals surface area (Å²) in [5, 5.41) is 2.13. The molecule has 0 amide bonds. The molecule has 0 spiro atoms. The number of hydrogen-bond acceptors (Lipinski definition) is 4. The van der Waals surface area contributed by atoms with Gasteiger partial charge in [-0.25, -0.2) is 0 Å². The van der Waals surface area contributed by atoms with Gasteiger partial charge in [0, 0.05) is 10.8 Å². The summed E-state index contributed by atoms with van der Waals surface area (Å²) in [6, 6.07) is 8.81. The van der Waals surface area contributed by atoms with E-state index in [4.69, 9.17) is 32.7 Å². The second-order valence-corrected chi connectivity index (χ2v) is 7.60. The molecule has 0 aliphatic carbocycles. The Kier molecular flexibility index (Phi) is 9.07. The number of esters is 2. The molecule has 0 saturated heterocycles. The molecule has 2 rings (SSSR count). The van der Waals surface area contributed by atoms with Crippen LogP contribution in [0.2, 0.25) is 10.0 Å². The zero-order chi connectivity index (χ0) is 20.5. The standard InChI is InChI=1S/C22H26Cl2O4/c1-3-5-8-15(4-2)14-27-20(25)11-12-21(26)28-22-17-10-7-6-9-16(17)18(23)13-19(22)24/h6-7,9-10,13,15H,3-5,8,11-12,14H2,1-2H3. The number of rotatable bonds is 10. The predicted octanol–water partition coefficient (Wildman–Crippen LogP) is 6.59. The zero-order valence-electron chi connectivity index (χ0n) is 16.3. The molecule has 0 radical (unpaired) electrons. The van der Waals surface area contributed by atoms with Crippen LogP contribution < -0.4 is 4.74 Å². The molecule has 0 bridgehead atoms. The summed E-state index contributed by atoms with van der Waals surface area (Å²) in [7, 11) is 0. The van der Waals surface area contributed by atoms with E-state index >= 15 is 0 Å². The molecule has 0 N–H and O–H groups in total. The third-order valence-electron chi connectivity index (χ3n) is 4.67. The van der Waals surface area contributed by atoms with E-state index in [0.717, 1.165) is 31.1 Å². The van der Waals surface area contributed by atoms with Crippen LogP contribution in [0, 0.1) is 5.92 Å². The minimum Gasteiger partial charge on any atom is -0.465 e. The van der Waals surface area contributed by atoms with Gasteiger partial charge in [-0.3, -0.25) is 9.59 Å². The topological polar surface area (TPSA) is 52.6 Å². The van der Waals surface area contributed by atoms with E-state index in [2.05, 4.69) is 13.8 Å². The quantitative estimate of drug-likeness (QED) is 0.318. The van der Waals surface area contributed by atoms with Crippen molar-refractivity contribution in [1.29, 1.82) is 0 Å². The van der Waals surface area contributed by atoms with E-state index in [9.17, 15) is 9.59 Å². The van der Waals surface area contributed by atoms with Gasteiger partial charge in [0.05, 0.1) is 29.5 Å². The van der Waals surface area contributed by atoms with Crippen LogP contribution in [0.15, 0.2) is 30.3 Å². The predicted molar refractivity (Wildman–Crippen MR) is 113 cm³/mol. The van der Waals surface area contributed by atoms with Crippen molar-refractivity contribution < 1.29 is 19.1 Å². The number of carbonyl (C=O) groups excluding carboxylic acids is 2. The van der Waals surface area contributed by atoms with Gasteiger partial charge >= 0.3 is 11.9 Å². The summed E-state index contributed by atoms with van der Waals surface area (Å²) in [5.74, 6) is -0.302. The number of ether oxygens (including phenoxy) is 2. The number of benzene rings is 2. The van der Waals surface area contributed by atoms with Crippen molar-refractivity contribution >= 4 is 45.9 Å². The van der Waals surface area contributed by atoms with Crippen LogP contribution in [0.25, 0.3) is 10.8 Å². The van der Waals surface area contributed by atoms with Crippen molar-refractivity contribution in [3.63, 3.8) is 0 Å². The highest BCUT2D eigenvalue weighted by Crippen LogP contribution is 2.38. The van der Waals surface area contributed by atoms with Crippen LogP contribution in [0.3, 0.4) is 0 Å². The molecule has 6 heteroatoms. The monoisotopic (exact) mass is 424 g/mol. The Morgan fingerprint density at radius 1 is 1.00 bits per heavy atom. The third kappa shape index (κ3) is 6.39. The van der Waals surface area contributed by atoms with Gasteiger partial charge < -0.3 is 9.47 Å². The molecule has 0 aromatic heterocycles. The summed E-state index contributed by atoms with van der Waals surface area (Å²) in [6.45, 7) is 4.63.